The first-order valence-electron chi connectivity index (χ1n) is 8.38. The largest absolute Gasteiger partial charge is 0.378 e. The summed E-state index contributed by atoms with van der Waals surface area (Å²) in [5.74, 6) is 0. The highest BCUT2D eigenvalue weighted by Gasteiger charge is 2.23. The second-order valence-corrected chi connectivity index (χ2v) is 7.43. The zero-order chi connectivity index (χ0) is 17.4. The van der Waals surface area contributed by atoms with Crippen molar-refractivity contribution in [1.82, 2.24) is 10.3 Å². The van der Waals surface area contributed by atoms with Crippen molar-refractivity contribution in [3.63, 3.8) is 0 Å². The van der Waals surface area contributed by atoms with Crippen molar-refractivity contribution in [1.29, 1.82) is 0 Å². The number of aryl methyl sites for hydroxylation is 1. The lowest BCUT2D eigenvalue weighted by atomic mass is 10.1. The van der Waals surface area contributed by atoms with Gasteiger partial charge in [-0.2, -0.15) is 0 Å². The zero-order valence-corrected chi connectivity index (χ0v) is 15.1. The molecule has 6 heteroatoms. The van der Waals surface area contributed by atoms with Gasteiger partial charge in [-0.15, -0.1) is 11.3 Å². The van der Waals surface area contributed by atoms with Gasteiger partial charge in [0.2, 0.25) is 0 Å². The van der Waals surface area contributed by atoms with E-state index in [0.29, 0.717) is 13.1 Å². The number of hydrogen-bond donors (Lipinski definition) is 2. The Hall–Kier alpha value is -2.60. The van der Waals surface area contributed by atoms with Gasteiger partial charge in [-0.05, 0) is 49.1 Å². The summed E-state index contributed by atoms with van der Waals surface area (Å²) >= 11 is 1.76. The fraction of sp³-hybridized carbons (Fsp3) is 0.263. The summed E-state index contributed by atoms with van der Waals surface area (Å²) in [6.07, 6.45) is 3.73. The lowest BCUT2D eigenvalue weighted by Crippen LogP contribution is -2.28. The number of rotatable bonds is 4. The Morgan fingerprint density at radius 2 is 2.20 bits per heavy atom. The van der Waals surface area contributed by atoms with Crippen molar-refractivity contribution in [2.45, 2.75) is 19.9 Å². The Labute approximate surface area is 150 Å². The summed E-state index contributed by atoms with van der Waals surface area (Å²) in [4.78, 5) is 19.2. The fourth-order valence-corrected chi connectivity index (χ4v) is 4.16. The maximum Gasteiger partial charge on any atom is 0.322 e. The van der Waals surface area contributed by atoms with Gasteiger partial charge in [-0.1, -0.05) is 6.07 Å². The normalized spacial score (nSPS) is 15.4. The Balaban J connectivity index is 1.58. The van der Waals surface area contributed by atoms with Gasteiger partial charge >= 0.3 is 6.03 Å². The summed E-state index contributed by atoms with van der Waals surface area (Å²) in [6, 6.07) is 10.6. The van der Waals surface area contributed by atoms with E-state index in [1.165, 1.54) is 15.0 Å². The number of nitrogens with zero attached hydrogens (tertiary/aromatic N) is 2. The minimum atomic E-state index is -0.0229. The van der Waals surface area contributed by atoms with E-state index >= 15 is 0 Å². The third-order valence-corrected chi connectivity index (χ3v) is 5.78. The van der Waals surface area contributed by atoms with Crippen LogP contribution in [0.4, 0.5) is 16.2 Å². The Bertz CT molecular complexity index is 903. The van der Waals surface area contributed by atoms with E-state index in [0.717, 1.165) is 16.9 Å². The summed E-state index contributed by atoms with van der Waals surface area (Å²) < 4.78 is 1.20. The molecular formula is C19H20N4OS. The standard InChI is InChI=1S/C19H20N4OS/c1-12-3-4-15(10-16(12)23-8-7-21-19(23)24)22-13(2)17-9-14-5-6-20-11-18(14)25-17/h3-6,9-11,13,22H,7-8H2,1-2H3,(H,21,24). The molecule has 4 rings (SSSR count). The molecule has 2 N–H and O–H groups in total. The highest BCUT2D eigenvalue weighted by atomic mass is 32.1. The van der Waals surface area contributed by atoms with Gasteiger partial charge in [0, 0.05) is 36.0 Å². The second kappa shape index (κ2) is 6.37. The Morgan fingerprint density at radius 3 is 2.96 bits per heavy atom. The van der Waals surface area contributed by atoms with Gasteiger partial charge in [0.05, 0.1) is 16.4 Å². The minimum Gasteiger partial charge on any atom is -0.378 e. The Morgan fingerprint density at radius 1 is 1.32 bits per heavy atom. The van der Waals surface area contributed by atoms with Crippen molar-refractivity contribution >= 4 is 38.8 Å². The molecular weight excluding hydrogens is 332 g/mol. The SMILES string of the molecule is Cc1ccc(NC(C)c2cc3ccncc3s2)cc1N1CCNC1=O. The molecule has 0 bridgehead atoms. The van der Waals surface area contributed by atoms with Gasteiger partial charge in [0.25, 0.3) is 0 Å². The van der Waals surface area contributed by atoms with Crippen LogP contribution in [0.1, 0.15) is 23.4 Å². The predicted molar refractivity (Wildman–Crippen MR) is 104 cm³/mol. The molecule has 1 saturated heterocycles. The van der Waals surface area contributed by atoms with Crippen LogP contribution >= 0.6 is 11.3 Å². The molecule has 1 fully saturated rings. The molecule has 2 aromatic heterocycles. The first kappa shape index (κ1) is 15.9. The second-order valence-electron chi connectivity index (χ2n) is 6.31. The summed E-state index contributed by atoms with van der Waals surface area (Å²) in [5, 5.41) is 7.64. The Kier molecular flexibility index (Phi) is 4.05. The number of urea groups is 1. The molecule has 3 aromatic rings. The van der Waals surface area contributed by atoms with Crippen molar-refractivity contribution < 1.29 is 4.79 Å². The number of nitrogens with one attached hydrogen (secondary N) is 2. The number of amides is 2. The molecule has 25 heavy (non-hydrogen) atoms. The van der Waals surface area contributed by atoms with Gasteiger partial charge < -0.3 is 10.6 Å². The van der Waals surface area contributed by atoms with E-state index in [-0.39, 0.29) is 12.1 Å². The van der Waals surface area contributed by atoms with Crippen molar-refractivity contribution in [2.75, 3.05) is 23.3 Å². The molecule has 0 spiro atoms. The van der Waals surface area contributed by atoms with Crippen molar-refractivity contribution in [2.24, 2.45) is 0 Å². The van der Waals surface area contributed by atoms with E-state index < -0.39 is 0 Å². The molecule has 3 heterocycles. The number of carbonyl (C=O) groups is 1. The first-order valence-corrected chi connectivity index (χ1v) is 9.19. The number of benzene rings is 1. The van der Waals surface area contributed by atoms with Crippen molar-refractivity contribution in [3.05, 3.63) is 53.2 Å². The summed E-state index contributed by atoms with van der Waals surface area (Å²) in [5.41, 5.74) is 3.08. The maximum absolute atomic E-state index is 12.0. The molecule has 5 nitrogen and oxygen atoms in total. The smallest absolute Gasteiger partial charge is 0.322 e. The average molecular weight is 352 g/mol. The van der Waals surface area contributed by atoms with Crippen LogP contribution in [0.15, 0.2) is 42.7 Å². The average Bonchev–Trinajstić information content (AvgIpc) is 3.22. The summed E-state index contributed by atoms with van der Waals surface area (Å²) in [6.45, 7) is 5.59. The van der Waals surface area contributed by atoms with Crippen LogP contribution in [-0.4, -0.2) is 24.1 Å². The lowest BCUT2D eigenvalue weighted by molar-refractivity contribution is 0.252. The fourth-order valence-electron chi connectivity index (χ4n) is 3.13. The molecule has 1 aliphatic heterocycles. The molecule has 0 saturated carbocycles. The van der Waals surface area contributed by atoms with E-state index in [1.807, 2.05) is 25.4 Å². The van der Waals surface area contributed by atoms with Crippen LogP contribution < -0.4 is 15.5 Å². The monoisotopic (exact) mass is 352 g/mol. The van der Waals surface area contributed by atoms with Crippen LogP contribution in [0.3, 0.4) is 0 Å². The third kappa shape index (κ3) is 3.05. The molecule has 1 unspecified atom stereocenters. The van der Waals surface area contributed by atoms with Gasteiger partial charge in [0.15, 0.2) is 0 Å². The number of anilines is 2. The van der Waals surface area contributed by atoms with Crippen LogP contribution in [0.25, 0.3) is 10.1 Å². The van der Waals surface area contributed by atoms with Gasteiger partial charge in [0.1, 0.15) is 0 Å². The van der Waals surface area contributed by atoms with E-state index in [9.17, 15) is 4.79 Å². The van der Waals surface area contributed by atoms with E-state index in [2.05, 4.69) is 46.8 Å². The maximum atomic E-state index is 12.0. The topological polar surface area (TPSA) is 57.3 Å². The van der Waals surface area contributed by atoms with Gasteiger partial charge in [-0.3, -0.25) is 9.88 Å². The number of fused-ring (bicyclic) bond motifs is 1. The quantitative estimate of drug-likeness (QED) is 0.736. The highest BCUT2D eigenvalue weighted by Crippen LogP contribution is 2.32. The number of aromatic nitrogens is 1. The number of carbonyl (C=O) groups excluding carboxylic acids is 1. The molecule has 0 radical (unpaired) electrons. The minimum absolute atomic E-state index is 0.0229. The van der Waals surface area contributed by atoms with E-state index in [4.69, 9.17) is 0 Å². The summed E-state index contributed by atoms with van der Waals surface area (Å²) in [7, 11) is 0. The molecule has 1 aliphatic rings. The molecule has 128 valence electrons. The zero-order valence-electron chi connectivity index (χ0n) is 14.2. The van der Waals surface area contributed by atoms with Crippen LogP contribution in [0, 0.1) is 6.92 Å². The molecule has 2 amide bonds. The third-order valence-electron chi connectivity index (χ3n) is 4.51. The van der Waals surface area contributed by atoms with Crippen LogP contribution in [0.5, 0.6) is 0 Å². The van der Waals surface area contributed by atoms with Crippen molar-refractivity contribution in [3.8, 4) is 0 Å². The number of pyridine rings is 1. The predicted octanol–water partition coefficient (Wildman–Crippen LogP) is 4.31. The molecule has 1 atom stereocenters. The van der Waals surface area contributed by atoms with E-state index in [1.54, 1.807) is 16.2 Å². The number of hydrogen-bond acceptors (Lipinski definition) is 4. The number of thiophene rings is 1. The molecule has 0 aliphatic carbocycles. The van der Waals surface area contributed by atoms with Crippen LogP contribution in [-0.2, 0) is 0 Å². The lowest BCUT2D eigenvalue weighted by Gasteiger charge is -2.20. The highest BCUT2D eigenvalue weighted by molar-refractivity contribution is 7.19. The van der Waals surface area contributed by atoms with Crippen LogP contribution in [0.2, 0.25) is 0 Å². The van der Waals surface area contributed by atoms with Gasteiger partial charge in [-0.25, -0.2) is 4.79 Å². The molecule has 1 aromatic carbocycles. The first-order chi connectivity index (χ1) is 12.1.